The van der Waals surface area contributed by atoms with E-state index in [1.807, 2.05) is 31.2 Å². The average Bonchev–Trinajstić information content (AvgIpc) is 1.58. The number of methoxy groups -OCH3 is 4. The molecule has 4 N–H and O–H groups in total. The third-order valence-electron chi connectivity index (χ3n) is 39.9. The van der Waals surface area contributed by atoms with Gasteiger partial charge in [0.2, 0.25) is 0 Å². The SMILES string of the molecule is C.[2H]C(C(=O)[C@@]1([2H])CC[C@H]2[C@@H]3CC[C@H]4C[C@@](O)(C([2H])([2H])OC)CC[C@]4(C)[C@H]3CC[C@@]21C)n1cccc1.[2H]C(C(=O)[C@@]1([2H])CC[C@H]2[C@@H]3CC[C@H]4C[C@@](O)(COC)CC[C@]4(C)[C@H]3CC[C@@]21C)n1cccc1.[2H]c1cc([2H])n(C([2H])C(=O)[C@@]2([2H])CC[C@H]3[C@@H]4CC[C@H]5C[C@@](O)(C([2H])([2H])OC)CC[C@]5(C)[C@H]4CC[C@@]32C)c1[2H].[2H]c1cccn1C([2H])C(=O)[C@@]1([2H])CC[C@H]2[C@@H]3CC[C@H]4C[C@@](O)(C([2H])([2H])OC)CC[C@]4(C)[C@H]3CC[C@@]21C. The molecule has 0 bridgehead atoms. The molecule has 696 valence electrons. The Balaban J connectivity index is 0.000000137. The number of nitrogens with zero attached hydrogens (tertiary/aromatic N) is 4. The summed E-state index contributed by atoms with van der Waals surface area (Å²) in [6, 6.07) is 11.5. The summed E-state index contributed by atoms with van der Waals surface area (Å²) in [4.78, 5) is 54.6. The first-order valence-corrected chi connectivity index (χ1v) is 48.6. The summed E-state index contributed by atoms with van der Waals surface area (Å²) in [6.07, 6.45) is 35.5. The van der Waals surface area contributed by atoms with E-state index in [9.17, 15) is 45.1 Å². The van der Waals surface area contributed by atoms with Crippen molar-refractivity contribution < 1.29 is 83.2 Å². The standard InChI is InChI=1S/4C27H41NO3.CH4/c4*1-25-12-13-27(30,18-31-3)16-19(25)6-7-20-21-8-9-23(26(21,2)11-10-22(20)25)24(29)17-28-14-4-5-15-28;/h4*4-5,14-15,19-23,30H,6-13,16-18H2,1-3H3;1H4/t4*19-,20-,21-,22-,23+,25-,26-,27+;/m0000./s1/i4D,14D,15D,17D,18D2,23D;14D,17D,18D2,23D;17D,18D2,23D;17D,23D;/t4*17?,19-,20-,21-,22-,23+,25-,26-,27+;. The molecular weight excluding hydrogens is 1560 g/mol. The van der Waals surface area contributed by atoms with Gasteiger partial charge >= 0.3 is 0 Å². The van der Waals surface area contributed by atoms with Crippen molar-refractivity contribution in [1.29, 1.82) is 0 Å². The molecule has 125 heavy (non-hydrogen) atoms. The van der Waals surface area contributed by atoms with Gasteiger partial charge in [-0.25, -0.2) is 0 Å². The van der Waals surface area contributed by atoms with Crippen LogP contribution in [0.1, 0.15) is 319 Å². The highest BCUT2D eigenvalue weighted by molar-refractivity contribution is 5.84. The molecule has 4 unspecified atom stereocenters. The second-order valence-corrected chi connectivity index (χ2v) is 45.2. The second kappa shape index (κ2) is 36.1. The highest BCUT2D eigenvalue weighted by Gasteiger charge is 2.68. The van der Waals surface area contributed by atoms with Crippen LogP contribution in [0.15, 0.2) is 98.0 Å². The number of carbonyl (C=O) groups excluding carboxylic acids is 4. The molecule has 16 heteroatoms. The van der Waals surface area contributed by atoms with Crippen LogP contribution in [-0.2, 0) is 64.2 Å². The van der Waals surface area contributed by atoms with E-state index in [1.54, 1.807) is 59.4 Å². The zero-order chi connectivity index (χ0) is 103. The number of rotatable bonds is 20. The van der Waals surface area contributed by atoms with Gasteiger partial charge in [-0.3, -0.25) is 19.2 Å². The molecule has 16 saturated carbocycles. The van der Waals surface area contributed by atoms with Crippen molar-refractivity contribution in [3.63, 3.8) is 0 Å². The zero-order valence-electron chi connectivity index (χ0n) is 95.0. The summed E-state index contributed by atoms with van der Waals surface area (Å²) in [6.45, 7) is 7.16. The predicted molar refractivity (Wildman–Crippen MR) is 493 cm³/mol. The highest BCUT2D eigenvalue weighted by atomic mass is 16.5. The van der Waals surface area contributed by atoms with E-state index in [0.717, 1.165) is 159 Å². The third kappa shape index (κ3) is 17.0. The van der Waals surface area contributed by atoms with Crippen LogP contribution in [0, 0.1) is 162 Å². The molecule has 36 atom stereocenters. The smallest absolute Gasteiger partial charge is 0.156 e. The number of carbonyl (C=O) groups is 4. The van der Waals surface area contributed by atoms with Crippen LogP contribution in [0.2, 0.25) is 0 Å². The number of Topliss-reactive ketones (excluding diaryl/α,β-unsaturated/α-hetero) is 4. The van der Waals surface area contributed by atoms with E-state index in [0.29, 0.717) is 149 Å². The largest absolute Gasteiger partial charge is 0.387 e. The summed E-state index contributed by atoms with van der Waals surface area (Å²) in [7, 11) is 5.63. The maximum atomic E-state index is 13.8. The predicted octanol–water partition coefficient (Wildman–Crippen LogP) is 21.0. The monoisotopic (exact) mass is 1740 g/mol. The number of ketones is 4. The van der Waals surface area contributed by atoms with Crippen LogP contribution in [0.3, 0.4) is 0 Å². The second-order valence-electron chi connectivity index (χ2n) is 45.2. The number of hydrogen-bond donors (Lipinski definition) is 4. The summed E-state index contributed by atoms with van der Waals surface area (Å²) in [5.74, 6) is -0.879. The first kappa shape index (κ1) is 73.0. The number of aliphatic hydroxyl groups is 4. The number of hydrogen-bond acceptors (Lipinski definition) is 12. The van der Waals surface area contributed by atoms with Crippen LogP contribution in [0.4, 0.5) is 0 Å². The molecule has 0 amide bonds. The van der Waals surface area contributed by atoms with Crippen LogP contribution in [0.5, 0.6) is 0 Å². The average molecular weight is 1740 g/mol. The van der Waals surface area contributed by atoms with Gasteiger partial charge in [-0.05, 0) is 418 Å². The minimum Gasteiger partial charge on any atom is -0.387 e. The summed E-state index contributed by atoms with van der Waals surface area (Å²) in [5.41, 5.74) is -6.81. The third-order valence-corrected chi connectivity index (χ3v) is 39.9. The Bertz CT molecular complexity index is 5290. The minimum absolute atomic E-state index is 0. The molecule has 0 aromatic carbocycles. The Morgan fingerprint density at radius 2 is 0.576 bits per heavy atom. The molecule has 0 radical (unpaired) electrons. The van der Waals surface area contributed by atoms with E-state index in [1.165, 1.54) is 32.0 Å². The van der Waals surface area contributed by atoms with Gasteiger partial charge in [0.15, 0.2) is 23.1 Å². The van der Waals surface area contributed by atoms with Gasteiger partial charge in [-0.2, -0.15) is 0 Å². The van der Waals surface area contributed by atoms with Gasteiger partial charge in [-0.1, -0.05) is 62.8 Å². The van der Waals surface area contributed by atoms with E-state index in [2.05, 4.69) is 48.5 Å². The van der Waals surface area contributed by atoms with Crippen molar-refractivity contribution in [3.8, 4) is 0 Å². The Morgan fingerprint density at radius 3 is 0.856 bits per heavy atom. The normalized spacial score (nSPS) is 52.2. The van der Waals surface area contributed by atoms with Gasteiger partial charge in [0.25, 0.3) is 0 Å². The topological polar surface area (TPSA) is 206 Å². The molecule has 16 fully saturated rings. The lowest BCUT2D eigenvalue weighted by molar-refractivity contribution is -0.164. The van der Waals surface area contributed by atoms with Gasteiger partial charge in [-0.15, -0.1) is 0 Å². The molecule has 0 spiro atoms. The Hall–Kier alpha value is -4.52. The molecular formula is C109H168N4O12. The van der Waals surface area contributed by atoms with Crippen molar-refractivity contribution in [1.82, 2.24) is 18.3 Å². The number of ether oxygens (including phenoxy) is 4. The molecule has 20 rings (SSSR count). The van der Waals surface area contributed by atoms with Crippen LogP contribution in [0.25, 0.3) is 0 Å². The van der Waals surface area contributed by atoms with Crippen molar-refractivity contribution >= 4 is 23.1 Å². The first-order valence-electron chi connectivity index (χ1n) is 58.0. The molecule has 16 aliphatic carbocycles. The van der Waals surface area contributed by atoms with E-state index < -0.39 is 114 Å². The van der Waals surface area contributed by atoms with Crippen molar-refractivity contribution in [2.24, 2.45) is 162 Å². The molecule has 0 saturated heterocycles. The number of aromatic nitrogens is 4. The van der Waals surface area contributed by atoms with Crippen molar-refractivity contribution in [3.05, 3.63) is 98.0 Å². The quantitative estimate of drug-likeness (QED) is 0.0652. The first-order chi connectivity index (χ1) is 66.2. The van der Waals surface area contributed by atoms with Gasteiger partial charge in [0, 0.05) is 107 Å². The van der Waals surface area contributed by atoms with Crippen molar-refractivity contribution in [2.45, 2.75) is 342 Å². The Labute approximate surface area is 778 Å². The minimum atomic E-state index is -2.10. The van der Waals surface area contributed by atoms with Gasteiger partial charge in [0.05, 0.1) is 94.0 Å². The molecule has 4 aromatic rings. The Morgan fingerprint density at radius 1 is 0.312 bits per heavy atom. The van der Waals surface area contributed by atoms with E-state index in [-0.39, 0.29) is 106 Å². The lowest BCUT2D eigenvalue weighted by Crippen LogP contribution is -2.56. The lowest BCUT2D eigenvalue weighted by Gasteiger charge is -2.62. The summed E-state index contributed by atoms with van der Waals surface area (Å²) in [5, 5.41) is 44.7. The molecule has 4 heterocycles. The van der Waals surface area contributed by atoms with Crippen LogP contribution in [-0.4, -0.2) is 139 Å². The molecule has 4 aromatic heterocycles. The zero-order valence-corrected chi connectivity index (χ0v) is 77.0. The van der Waals surface area contributed by atoms with Crippen molar-refractivity contribution in [2.75, 3.05) is 54.7 Å². The maximum absolute atomic E-state index is 13.8. The maximum Gasteiger partial charge on any atom is 0.156 e. The fourth-order valence-corrected chi connectivity index (χ4v) is 33.6. The fraction of sp³-hybridized carbons (Fsp3) is 0.817. The summed E-state index contributed by atoms with van der Waals surface area (Å²) < 4.78 is 180. The molecule has 16 nitrogen and oxygen atoms in total. The van der Waals surface area contributed by atoms with E-state index >= 15 is 0 Å². The highest BCUT2D eigenvalue weighted by Crippen LogP contribution is 2.74. The number of fused-ring (bicyclic) bond motifs is 20. The summed E-state index contributed by atoms with van der Waals surface area (Å²) >= 11 is 0. The fourth-order valence-electron chi connectivity index (χ4n) is 33.6. The van der Waals surface area contributed by atoms with E-state index in [4.69, 9.17) is 38.1 Å². The molecule has 0 aliphatic heterocycles. The lowest BCUT2D eigenvalue weighted by atomic mass is 9.44. The van der Waals surface area contributed by atoms with Crippen LogP contribution >= 0.6 is 0 Å². The van der Waals surface area contributed by atoms with Gasteiger partial charge in [0.1, 0.15) is 0 Å². The van der Waals surface area contributed by atoms with Gasteiger partial charge < -0.3 is 57.6 Å². The molecule has 16 aliphatic rings. The Kier molecular flexibility index (Phi) is 21.1. The van der Waals surface area contributed by atoms with Crippen LogP contribution < -0.4 is 0 Å².